The Morgan fingerprint density at radius 3 is 2.72 bits per heavy atom. The van der Waals surface area contributed by atoms with E-state index >= 15 is 0 Å². The number of fused-ring (bicyclic) bond motifs is 4. The van der Waals surface area contributed by atoms with Gasteiger partial charge in [0.1, 0.15) is 6.17 Å². The van der Waals surface area contributed by atoms with E-state index < -0.39 is 6.17 Å². The molecule has 1 amide bonds. The molecule has 3 aliphatic heterocycles. The minimum atomic E-state index is -0.785. The Morgan fingerprint density at radius 2 is 1.97 bits per heavy atom. The summed E-state index contributed by atoms with van der Waals surface area (Å²) >= 11 is 0. The lowest BCUT2D eigenvalue weighted by Crippen LogP contribution is -2.49. The van der Waals surface area contributed by atoms with Crippen molar-refractivity contribution in [1.29, 1.82) is 0 Å². The van der Waals surface area contributed by atoms with Gasteiger partial charge in [-0.3, -0.25) is 14.5 Å². The summed E-state index contributed by atoms with van der Waals surface area (Å²) < 4.78 is 15.4. The van der Waals surface area contributed by atoms with E-state index in [1.54, 1.807) is 18.5 Å². The highest BCUT2D eigenvalue weighted by Crippen LogP contribution is 2.35. The van der Waals surface area contributed by atoms with E-state index in [0.717, 1.165) is 17.7 Å². The van der Waals surface area contributed by atoms with Crippen LogP contribution in [0.4, 0.5) is 4.39 Å². The fourth-order valence-corrected chi connectivity index (χ4v) is 5.00. The Balaban J connectivity index is 1.37. The number of carbonyl (C=O) groups is 1. The van der Waals surface area contributed by atoms with Crippen molar-refractivity contribution in [3.05, 3.63) is 58.0 Å². The second kappa shape index (κ2) is 7.33. The Labute approximate surface area is 168 Å². The summed E-state index contributed by atoms with van der Waals surface area (Å²) in [5.74, 6) is 0.447. The van der Waals surface area contributed by atoms with Crippen LogP contribution >= 0.6 is 0 Å². The van der Waals surface area contributed by atoms with E-state index in [1.807, 2.05) is 26.5 Å². The highest BCUT2D eigenvalue weighted by Gasteiger charge is 2.37. The summed E-state index contributed by atoms with van der Waals surface area (Å²) in [6, 6.07) is 5.60. The normalized spacial score (nSPS) is 26.4. The van der Waals surface area contributed by atoms with Gasteiger partial charge in [0, 0.05) is 68.8 Å². The molecule has 0 N–H and O–H groups in total. The summed E-state index contributed by atoms with van der Waals surface area (Å²) in [4.78, 5) is 37.9. The van der Waals surface area contributed by atoms with E-state index in [-0.39, 0.29) is 29.1 Å². The minimum Gasteiger partial charge on any atom is -0.335 e. The van der Waals surface area contributed by atoms with Gasteiger partial charge in [0.2, 0.25) is 5.82 Å². The fraction of sp³-hybridized carbons (Fsp3) is 0.524. The third-order valence-corrected chi connectivity index (χ3v) is 6.34. The first-order chi connectivity index (χ1) is 14.1. The number of hydrogen-bond acceptors (Lipinski definition) is 5. The van der Waals surface area contributed by atoms with Crippen LogP contribution in [-0.4, -0.2) is 62.6 Å². The smallest absolute Gasteiger partial charge is 0.291 e. The first-order valence-electron chi connectivity index (χ1n) is 10.2. The number of piperidine rings is 1. The molecule has 0 saturated carbocycles. The van der Waals surface area contributed by atoms with Gasteiger partial charge in [-0.15, -0.1) is 0 Å². The minimum absolute atomic E-state index is 0.0330. The molecule has 0 spiro atoms. The predicted octanol–water partition coefficient (Wildman–Crippen LogP) is 1.44. The Kier molecular flexibility index (Phi) is 4.66. The van der Waals surface area contributed by atoms with Crippen LogP contribution in [-0.2, 0) is 13.1 Å². The molecule has 2 fully saturated rings. The van der Waals surface area contributed by atoms with Gasteiger partial charge in [0.25, 0.3) is 11.5 Å². The lowest BCUT2D eigenvalue weighted by atomic mass is 9.83. The van der Waals surface area contributed by atoms with Crippen molar-refractivity contribution in [3.63, 3.8) is 0 Å². The van der Waals surface area contributed by atoms with Crippen molar-refractivity contribution in [2.75, 3.05) is 26.2 Å². The van der Waals surface area contributed by atoms with Crippen LogP contribution in [0.15, 0.2) is 35.4 Å². The predicted molar refractivity (Wildman–Crippen MR) is 104 cm³/mol. The number of rotatable bonds is 3. The van der Waals surface area contributed by atoms with Crippen LogP contribution in [0.5, 0.6) is 0 Å². The number of nitrogens with zero attached hydrogens (tertiary/aromatic N) is 5. The van der Waals surface area contributed by atoms with Gasteiger partial charge < -0.3 is 9.47 Å². The van der Waals surface area contributed by atoms with Crippen molar-refractivity contribution in [2.45, 2.75) is 38.0 Å². The molecule has 0 aromatic carbocycles. The van der Waals surface area contributed by atoms with Gasteiger partial charge >= 0.3 is 0 Å². The zero-order valence-corrected chi connectivity index (χ0v) is 16.2. The first-order valence-corrected chi connectivity index (χ1v) is 10.2. The Bertz CT molecular complexity index is 979. The molecule has 8 heteroatoms. The number of aromatic nitrogens is 3. The number of hydrogen-bond donors (Lipinski definition) is 0. The highest BCUT2D eigenvalue weighted by atomic mass is 19.1. The molecule has 2 aromatic rings. The van der Waals surface area contributed by atoms with Gasteiger partial charge in [-0.1, -0.05) is 6.07 Å². The molecule has 5 heterocycles. The van der Waals surface area contributed by atoms with Crippen molar-refractivity contribution >= 4 is 5.91 Å². The van der Waals surface area contributed by atoms with Gasteiger partial charge in [0.15, 0.2) is 0 Å². The van der Waals surface area contributed by atoms with Gasteiger partial charge in [-0.25, -0.2) is 14.4 Å². The quantitative estimate of drug-likeness (QED) is 0.784. The molecule has 152 valence electrons. The molecule has 2 saturated heterocycles. The number of alkyl halides is 1. The van der Waals surface area contributed by atoms with Crippen molar-refractivity contribution < 1.29 is 9.18 Å². The maximum Gasteiger partial charge on any atom is 0.291 e. The molecule has 0 radical (unpaired) electrons. The number of pyridine rings is 1. The lowest BCUT2D eigenvalue weighted by Gasteiger charge is -2.42. The topological polar surface area (TPSA) is 71.3 Å². The number of amides is 1. The summed E-state index contributed by atoms with van der Waals surface area (Å²) in [6.07, 6.45) is 3.89. The summed E-state index contributed by atoms with van der Waals surface area (Å²) in [7, 11) is 0. The van der Waals surface area contributed by atoms with Gasteiger partial charge in [-0.2, -0.15) is 0 Å². The van der Waals surface area contributed by atoms with Crippen molar-refractivity contribution in [2.24, 2.45) is 5.92 Å². The largest absolute Gasteiger partial charge is 0.335 e. The van der Waals surface area contributed by atoms with Crippen LogP contribution < -0.4 is 5.56 Å². The lowest BCUT2D eigenvalue weighted by molar-refractivity contribution is 0.0582. The van der Waals surface area contributed by atoms with Gasteiger partial charge in [-0.05, 0) is 30.9 Å². The average molecular weight is 397 g/mol. The van der Waals surface area contributed by atoms with Crippen molar-refractivity contribution in [1.82, 2.24) is 24.3 Å². The van der Waals surface area contributed by atoms with Gasteiger partial charge in [0.05, 0.1) is 0 Å². The third kappa shape index (κ3) is 3.46. The van der Waals surface area contributed by atoms with Crippen LogP contribution in [0.1, 0.15) is 40.6 Å². The Morgan fingerprint density at radius 1 is 1.14 bits per heavy atom. The third-order valence-electron chi connectivity index (χ3n) is 6.34. The van der Waals surface area contributed by atoms with E-state index in [1.165, 1.54) is 0 Å². The Hall–Kier alpha value is -2.61. The van der Waals surface area contributed by atoms with Crippen molar-refractivity contribution in [3.8, 4) is 0 Å². The molecule has 0 aliphatic carbocycles. The molecule has 0 unspecified atom stereocenters. The average Bonchev–Trinajstić information content (AvgIpc) is 3.15. The summed E-state index contributed by atoms with van der Waals surface area (Å²) in [6.45, 7) is 3.41. The molecule has 7 nitrogen and oxygen atoms in total. The van der Waals surface area contributed by atoms with Crippen LogP contribution in [0, 0.1) is 5.92 Å². The summed E-state index contributed by atoms with van der Waals surface area (Å²) in [5, 5.41) is 0. The second-order valence-corrected chi connectivity index (χ2v) is 8.40. The molecule has 2 aromatic heterocycles. The SMILES string of the molecule is O=C(c1ncccn1)N1C[C@@H]2C[C@H](C1)c1ccc(CN3CC[C@H](F)C3)c(=O)n1C2. The molecule has 2 bridgehead atoms. The van der Waals surface area contributed by atoms with E-state index in [2.05, 4.69) is 9.97 Å². The molecule has 29 heavy (non-hydrogen) atoms. The maximum absolute atomic E-state index is 13.5. The standard InChI is InChI=1S/C21H24FN5O2/c22-17-4-7-25(13-17)11-15-2-3-18-16-8-14(10-27(18)20(15)28)9-26(12-16)21(29)19-23-5-1-6-24-19/h1-3,5-6,14,16-17H,4,7-13H2/t14-,16+,17-/m0/s1. The zero-order chi connectivity index (χ0) is 20.0. The molecular weight excluding hydrogens is 373 g/mol. The number of halogens is 1. The van der Waals surface area contributed by atoms with Crippen LogP contribution in [0.25, 0.3) is 0 Å². The fourth-order valence-electron chi connectivity index (χ4n) is 5.00. The second-order valence-electron chi connectivity index (χ2n) is 8.40. The number of likely N-dealkylation sites (tertiary alicyclic amines) is 2. The number of carbonyl (C=O) groups excluding carboxylic acids is 1. The monoisotopic (exact) mass is 397 g/mol. The molecular formula is C21H24FN5O2. The molecule has 3 aliphatic rings. The first kappa shape index (κ1) is 18.4. The highest BCUT2D eigenvalue weighted by molar-refractivity contribution is 5.90. The summed E-state index contributed by atoms with van der Waals surface area (Å²) in [5.41, 5.74) is 1.75. The molecule has 3 atom stereocenters. The zero-order valence-electron chi connectivity index (χ0n) is 16.2. The van der Waals surface area contributed by atoms with Crippen LogP contribution in [0.3, 0.4) is 0 Å². The maximum atomic E-state index is 13.5. The molecule has 5 rings (SSSR count). The van der Waals surface area contributed by atoms with E-state index in [4.69, 9.17) is 0 Å². The van der Waals surface area contributed by atoms with E-state index in [0.29, 0.717) is 45.7 Å². The van der Waals surface area contributed by atoms with Crippen LogP contribution in [0.2, 0.25) is 0 Å². The van der Waals surface area contributed by atoms with E-state index in [9.17, 15) is 14.0 Å².